The molecule has 0 aromatic carbocycles. The Labute approximate surface area is 143 Å². The zero-order chi connectivity index (χ0) is 17.5. The van der Waals surface area contributed by atoms with Gasteiger partial charge in [0.05, 0.1) is 6.10 Å². The number of aliphatic hydroxyl groups excluding tert-OH is 1. The molecule has 24 heavy (non-hydrogen) atoms. The van der Waals surface area contributed by atoms with Gasteiger partial charge in [0.25, 0.3) is 0 Å². The third-order valence-electron chi connectivity index (χ3n) is 4.57. The lowest BCUT2D eigenvalue weighted by Crippen LogP contribution is -2.43. The van der Waals surface area contributed by atoms with Crippen molar-refractivity contribution < 1.29 is 14.4 Å². The Morgan fingerprint density at radius 2 is 2.17 bits per heavy atom. The van der Waals surface area contributed by atoms with E-state index in [0.717, 1.165) is 37.9 Å². The molecule has 1 aliphatic rings. The Morgan fingerprint density at radius 3 is 2.83 bits per heavy atom. The highest BCUT2D eigenvalue weighted by atomic mass is 16.5. The van der Waals surface area contributed by atoms with Crippen molar-refractivity contribution in [2.24, 2.45) is 5.92 Å². The van der Waals surface area contributed by atoms with Crippen molar-refractivity contribution in [2.75, 3.05) is 20.1 Å². The molecule has 1 saturated carbocycles. The van der Waals surface area contributed by atoms with E-state index in [1.54, 1.807) is 11.9 Å². The van der Waals surface area contributed by atoms with E-state index in [9.17, 15) is 9.90 Å². The molecular formula is C17H30N4O3. The molecule has 136 valence electrons. The zero-order valence-electron chi connectivity index (χ0n) is 15.0. The molecule has 0 spiro atoms. The van der Waals surface area contributed by atoms with E-state index in [0.29, 0.717) is 25.4 Å². The molecule has 0 aliphatic heterocycles. The van der Waals surface area contributed by atoms with Crippen LogP contribution in [0.25, 0.3) is 0 Å². The van der Waals surface area contributed by atoms with Gasteiger partial charge in [-0.15, -0.1) is 0 Å². The van der Waals surface area contributed by atoms with Gasteiger partial charge in [-0.1, -0.05) is 31.8 Å². The first-order valence-corrected chi connectivity index (χ1v) is 8.97. The second-order valence-electron chi connectivity index (χ2n) is 7.03. The molecule has 7 heteroatoms. The molecule has 1 fully saturated rings. The minimum absolute atomic E-state index is 0.0961. The van der Waals surface area contributed by atoms with Gasteiger partial charge in [-0.25, -0.2) is 4.79 Å². The van der Waals surface area contributed by atoms with Crippen molar-refractivity contribution in [1.82, 2.24) is 20.4 Å². The van der Waals surface area contributed by atoms with Crippen LogP contribution < -0.4 is 5.32 Å². The van der Waals surface area contributed by atoms with E-state index < -0.39 is 0 Å². The SMILES string of the molecule is CC(C)c1noc(CCCNC(=O)N(C)CC2CCCCC2O)n1. The molecule has 0 radical (unpaired) electrons. The number of rotatable bonds is 7. The molecule has 1 aliphatic carbocycles. The number of aromatic nitrogens is 2. The van der Waals surface area contributed by atoms with Crippen LogP contribution in [-0.2, 0) is 6.42 Å². The van der Waals surface area contributed by atoms with Gasteiger partial charge in [0, 0.05) is 38.4 Å². The summed E-state index contributed by atoms with van der Waals surface area (Å²) in [4.78, 5) is 18.1. The fourth-order valence-electron chi connectivity index (χ4n) is 3.01. The van der Waals surface area contributed by atoms with E-state index >= 15 is 0 Å². The number of hydrogen-bond acceptors (Lipinski definition) is 5. The predicted molar refractivity (Wildman–Crippen MR) is 90.7 cm³/mol. The largest absolute Gasteiger partial charge is 0.393 e. The molecular weight excluding hydrogens is 308 g/mol. The van der Waals surface area contributed by atoms with Gasteiger partial charge in [0.2, 0.25) is 5.89 Å². The molecule has 2 unspecified atom stereocenters. The molecule has 7 nitrogen and oxygen atoms in total. The van der Waals surface area contributed by atoms with E-state index in [-0.39, 0.29) is 24.0 Å². The monoisotopic (exact) mass is 338 g/mol. The lowest BCUT2D eigenvalue weighted by Gasteiger charge is -2.31. The highest BCUT2D eigenvalue weighted by molar-refractivity contribution is 5.73. The highest BCUT2D eigenvalue weighted by Crippen LogP contribution is 2.24. The highest BCUT2D eigenvalue weighted by Gasteiger charge is 2.25. The average molecular weight is 338 g/mol. The van der Waals surface area contributed by atoms with Crippen LogP contribution in [-0.4, -0.2) is 52.4 Å². The first-order valence-electron chi connectivity index (χ1n) is 8.97. The molecule has 0 bridgehead atoms. The van der Waals surface area contributed by atoms with Gasteiger partial charge >= 0.3 is 6.03 Å². The van der Waals surface area contributed by atoms with Crippen molar-refractivity contribution in [1.29, 1.82) is 0 Å². The molecule has 2 amide bonds. The quantitative estimate of drug-likeness (QED) is 0.745. The van der Waals surface area contributed by atoms with E-state index in [2.05, 4.69) is 15.5 Å². The number of aryl methyl sites for hydroxylation is 1. The van der Waals surface area contributed by atoms with Gasteiger partial charge < -0.3 is 19.8 Å². The lowest BCUT2D eigenvalue weighted by atomic mass is 9.86. The lowest BCUT2D eigenvalue weighted by molar-refractivity contribution is 0.0565. The minimum Gasteiger partial charge on any atom is -0.393 e. The Hall–Kier alpha value is -1.63. The molecule has 2 atom stereocenters. The van der Waals surface area contributed by atoms with Gasteiger partial charge in [-0.05, 0) is 19.3 Å². The summed E-state index contributed by atoms with van der Waals surface area (Å²) in [7, 11) is 1.78. The Balaban J connectivity index is 1.64. The Morgan fingerprint density at radius 1 is 1.42 bits per heavy atom. The maximum absolute atomic E-state index is 12.1. The first kappa shape index (κ1) is 18.7. The molecule has 1 aromatic rings. The van der Waals surface area contributed by atoms with Gasteiger partial charge in [-0.2, -0.15) is 4.98 Å². The van der Waals surface area contributed by atoms with Crippen molar-refractivity contribution in [3.63, 3.8) is 0 Å². The predicted octanol–water partition coefficient (Wildman–Crippen LogP) is 2.32. The number of aliphatic hydroxyl groups is 1. The zero-order valence-corrected chi connectivity index (χ0v) is 15.0. The molecule has 1 heterocycles. The van der Waals surface area contributed by atoms with Crippen molar-refractivity contribution in [2.45, 2.75) is 64.4 Å². The van der Waals surface area contributed by atoms with Crippen LogP contribution in [0.3, 0.4) is 0 Å². The molecule has 0 saturated heterocycles. The topological polar surface area (TPSA) is 91.5 Å². The summed E-state index contributed by atoms with van der Waals surface area (Å²) in [6.45, 7) is 5.21. The third kappa shape index (κ3) is 5.47. The maximum Gasteiger partial charge on any atom is 0.317 e. The summed E-state index contributed by atoms with van der Waals surface area (Å²) < 4.78 is 5.18. The van der Waals surface area contributed by atoms with E-state index in [1.165, 1.54) is 0 Å². The number of hydrogen-bond donors (Lipinski definition) is 2. The number of amides is 2. The number of urea groups is 1. The maximum atomic E-state index is 12.1. The average Bonchev–Trinajstić information content (AvgIpc) is 3.02. The summed E-state index contributed by atoms with van der Waals surface area (Å²) in [6.07, 6.45) is 5.20. The van der Waals surface area contributed by atoms with Crippen LogP contribution in [0.2, 0.25) is 0 Å². The van der Waals surface area contributed by atoms with Crippen molar-refractivity contribution in [3.05, 3.63) is 11.7 Å². The second-order valence-corrected chi connectivity index (χ2v) is 7.03. The van der Waals surface area contributed by atoms with Crippen LogP contribution in [0.1, 0.15) is 63.6 Å². The van der Waals surface area contributed by atoms with Gasteiger partial charge in [-0.3, -0.25) is 0 Å². The molecule has 2 N–H and O–H groups in total. The summed E-state index contributed by atoms with van der Waals surface area (Å²) >= 11 is 0. The Kier molecular flexibility index (Phi) is 7.02. The van der Waals surface area contributed by atoms with Crippen LogP contribution >= 0.6 is 0 Å². The fraction of sp³-hybridized carbons (Fsp3) is 0.824. The molecule has 1 aromatic heterocycles. The number of nitrogens with one attached hydrogen (secondary N) is 1. The van der Waals surface area contributed by atoms with Crippen LogP contribution in [0.15, 0.2) is 4.52 Å². The smallest absolute Gasteiger partial charge is 0.317 e. The first-order chi connectivity index (χ1) is 11.5. The van der Waals surface area contributed by atoms with Crippen LogP contribution in [0, 0.1) is 5.92 Å². The van der Waals surface area contributed by atoms with E-state index in [1.807, 2.05) is 13.8 Å². The minimum atomic E-state index is -0.276. The van der Waals surface area contributed by atoms with E-state index in [4.69, 9.17) is 4.52 Å². The number of nitrogens with zero attached hydrogens (tertiary/aromatic N) is 3. The number of carbonyl (C=O) groups excluding carboxylic acids is 1. The standard InChI is InChI=1S/C17H30N4O3/c1-12(2)16-19-15(24-20-16)9-6-10-18-17(23)21(3)11-13-7-4-5-8-14(13)22/h12-14,22H,4-11H2,1-3H3,(H,18,23). The van der Waals surface area contributed by atoms with Crippen molar-refractivity contribution >= 4 is 6.03 Å². The van der Waals surface area contributed by atoms with Gasteiger partial charge in [0.1, 0.15) is 0 Å². The third-order valence-corrected chi connectivity index (χ3v) is 4.57. The fourth-order valence-corrected chi connectivity index (χ4v) is 3.01. The van der Waals surface area contributed by atoms with Crippen molar-refractivity contribution in [3.8, 4) is 0 Å². The normalized spacial score (nSPS) is 21.0. The second kappa shape index (κ2) is 9.01. The summed E-state index contributed by atoms with van der Waals surface area (Å²) in [5, 5.41) is 16.8. The molecule has 2 rings (SSSR count). The number of carbonyl (C=O) groups is 1. The van der Waals surface area contributed by atoms with Crippen LogP contribution in [0.4, 0.5) is 4.79 Å². The van der Waals surface area contributed by atoms with Gasteiger partial charge in [0.15, 0.2) is 5.82 Å². The summed E-state index contributed by atoms with van der Waals surface area (Å²) in [6, 6.07) is -0.0961. The summed E-state index contributed by atoms with van der Waals surface area (Å²) in [5.74, 6) is 1.79. The summed E-state index contributed by atoms with van der Waals surface area (Å²) in [5.41, 5.74) is 0. The van der Waals surface area contributed by atoms with Crippen LogP contribution in [0.5, 0.6) is 0 Å². The Bertz CT molecular complexity index is 518.